The molecule has 0 saturated carbocycles. The highest BCUT2D eigenvalue weighted by atomic mass is 19.1. The zero-order valence-corrected chi connectivity index (χ0v) is 8.62. The lowest BCUT2D eigenvalue weighted by molar-refractivity contribution is 0.534. The maximum absolute atomic E-state index is 13.0. The van der Waals surface area contributed by atoms with E-state index in [1.54, 1.807) is 12.3 Å². The first-order chi connectivity index (χ1) is 7.72. The Morgan fingerprint density at radius 1 is 1.31 bits per heavy atom. The van der Waals surface area contributed by atoms with Crippen molar-refractivity contribution in [2.45, 2.75) is 6.92 Å². The van der Waals surface area contributed by atoms with Gasteiger partial charge in [-0.15, -0.1) is 0 Å². The number of hydrogen-bond donors (Lipinski definition) is 1. The van der Waals surface area contributed by atoms with Crippen molar-refractivity contribution in [3.05, 3.63) is 42.1 Å². The molecule has 3 aromatic rings. The molecule has 4 heteroatoms. The number of rotatable bonds is 1. The van der Waals surface area contributed by atoms with Crippen LogP contribution in [0.4, 0.5) is 4.39 Å². The van der Waals surface area contributed by atoms with Gasteiger partial charge in [-0.3, -0.25) is 0 Å². The molecule has 80 valence electrons. The normalized spacial score (nSPS) is 11.1. The van der Waals surface area contributed by atoms with Gasteiger partial charge in [0, 0.05) is 0 Å². The molecule has 3 nitrogen and oxygen atoms in total. The topological polar surface area (TPSA) is 41.8 Å². The predicted octanol–water partition coefficient (Wildman–Crippen LogP) is 3.27. The van der Waals surface area contributed by atoms with Gasteiger partial charge in [-0.1, -0.05) is 0 Å². The van der Waals surface area contributed by atoms with Crippen molar-refractivity contribution >= 4 is 11.0 Å². The van der Waals surface area contributed by atoms with Crippen LogP contribution in [0.15, 0.2) is 34.9 Å². The molecule has 0 aliphatic rings. The summed E-state index contributed by atoms with van der Waals surface area (Å²) in [5.41, 5.74) is 2.30. The van der Waals surface area contributed by atoms with Crippen molar-refractivity contribution in [2.75, 3.05) is 0 Å². The van der Waals surface area contributed by atoms with E-state index in [1.165, 1.54) is 12.1 Å². The van der Waals surface area contributed by atoms with E-state index in [4.69, 9.17) is 4.42 Å². The van der Waals surface area contributed by atoms with Gasteiger partial charge in [-0.25, -0.2) is 9.37 Å². The number of imidazole rings is 1. The first kappa shape index (κ1) is 9.15. The summed E-state index contributed by atoms with van der Waals surface area (Å²) in [5, 5.41) is 0. The quantitative estimate of drug-likeness (QED) is 0.678. The second kappa shape index (κ2) is 3.20. The van der Waals surface area contributed by atoms with Crippen molar-refractivity contribution in [3.8, 4) is 11.4 Å². The van der Waals surface area contributed by atoms with Crippen LogP contribution in [0.2, 0.25) is 0 Å². The third kappa shape index (κ3) is 1.39. The fourth-order valence-corrected chi connectivity index (χ4v) is 1.69. The molecule has 0 radical (unpaired) electrons. The van der Waals surface area contributed by atoms with Gasteiger partial charge in [0.25, 0.3) is 0 Å². The zero-order chi connectivity index (χ0) is 11.1. The fourth-order valence-electron chi connectivity index (χ4n) is 1.69. The van der Waals surface area contributed by atoms with Crippen LogP contribution in [0, 0.1) is 12.7 Å². The average Bonchev–Trinajstić information content (AvgIpc) is 2.83. The third-order valence-corrected chi connectivity index (χ3v) is 2.45. The minimum atomic E-state index is -0.272. The van der Waals surface area contributed by atoms with Crippen molar-refractivity contribution < 1.29 is 8.81 Å². The Bertz CT molecular complexity index is 654. The number of nitrogens with zero attached hydrogens (tertiary/aromatic N) is 1. The van der Waals surface area contributed by atoms with Gasteiger partial charge < -0.3 is 9.40 Å². The molecule has 0 amide bonds. The summed E-state index contributed by atoms with van der Waals surface area (Å²) in [4.78, 5) is 7.41. The number of halogens is 1. The third-order valence-electron chi connectivity index (χ3n) is 2.45. The lowest BCUT2D eigenvalue weighted by Gasteiger charge is -1.86. The number of fused-ring (bicyclic) bond motifs is 1. The van der Waals surface area contributed by atoms with Gasteiger partial charge in [0.05, 0.1) is 16.6 Å². The van der Waals surface area contributed by atoms with Gasteiger partial charge in [0.15, 0.2) is 0 Å². The Balaban J connectivity index is 2.18. The Kier molecular flexibility index (Phi) is 1.83. The highest BCUT2D eigenvalue weighted by molar-refractivity contribution is 5.79. The van der Waals surface area contributed by atoms with Crippen molar-refractivity contribution in [2.24, 2.45) is 0 Å². The zero-order valence-electron chi connectivity index (χ0n) is 8.62. The molecular formula is C12H9FN2O. The summed E-state index contributed by atoms with van der Waals surface area (Å²) < 4.78 is 18.2. The number of aryl methyl sites for hydroxylation is 1. The number of furan rings is 1. The molecule has 1 aromatic carbocycles. The molecule has 0 unspecified atom stereocenters. The van der Waals surface area contributed by atoms with Crippen LogP contribution < -0.4 is 0 Å². The molecule has 2 aromatic heterocycles. The fraction of sp³-hybridized carbons (Fsp3) is 0.0833. The molecule has 0 aliphatic heterocycles. The van der Waals surface area contributed by atoms with Crippen LogP contribution in [0.25, 0.3) is 22.4 Å². The largest absolute Gasteiger partial charge is 0.469 e. The Morgan fingerprint density at radius 2 is 2.19 bits per heavy atom. The summed E-state index contributed by atoms with van der Waals surface area (Å²) in [7, 11) is 0. The molecule has 0 saturated heterocycles. The predicted molar refractivity (Wildman–Crippen MR) is 58.5 cm³/mol. The standard InChI is InChI=1S/C12H9FN2O/c1-7-4-8(6-16-7)12-14-10-3-2-9(13)5-11(10)15-12/h2-6H,1H3,(H,14,15). The second-order valence-corrected chi connectivity index (χ2v) is 3.69. The van der Waals surface area contributed by atoms with Gasteiger partial charge in [0.1, 0.15) is 23.7 Å². The molecule has 0 bridgehead atoms. The number of aromatic amines is 1. The number of hydrogen-bond acceptors (Lipinski definition) is 2. The van der Waals surface area contributed by atoms with Gasteiger partial charge in [-0.2, -0.15) is 0 Å². The summed E-state index contributed by atoms with van der Waals surface area (Å²) >= 11 is 0. The maximum atomic E-state index is 13.0. The summed E-state index contributed by atoms with van der Waals surface area (Å²) in [6.45, 7) is 1.87. The monoisotopic (exact) mass is 216 g/mol. The average molecular weight is 216 g/mol. The van der Waals surface area contributed by atoms with Crippen LogP contribution in [-0.2, 0) is 0 Å². The molecule has 0 aliphatic carbocycles. The molecular weight excluding hydrogens is 207 g/mol. The van der Waals surface area contributed by atoms with E-state index in [0.29, 0.717) is 11.3 Å². The smallest absolute Gasteiger partial charge is 0.141 e. The van der Waals surface area contributed by atoms with Crippen LogP contribution >= 0.6 is 0 Å². The van der Waals surface area contributed by atoms with E-state index < -0.39 is 0 Å². The highest BCUT2D eigenvalue weighted by Crippen LogP contribution is 2.22. The minimum Gasteiger partial charge on any atom is -0.469 e. The Morgan fingerprint density at radius 3 is 2.94 bits per heavy atom. The summed E-state index contributed by atoms with van der Waals surface area (Å²) in [6.07, 6.45) is 1.63. The van der Waals surface area contributed by atoms with Crippen LogP contribution in [0.5, 0.6) is 0 Å². The first-order valence-corrected chi connectivity index (χ1v) is 4.93. The lowest BCUT2D eigenvalue weighted by atomic mass is 10.3. The van der Waals surface area contributed by atoms with Crippen molar-refractivity contribution in [3.63, 3.8) is 0 Å². The van der Waals surface area contributed by atoms with E-state index >= 15 is 0 Å². The molecule has 3 rings (SSSR count). The number of H-pyrrole nitrogens is 1. The van der Waals surface area contributed by atoms with E-state index in [-0.39, 0.29) is 5.82 Å². The van der Waals surface area contributed by atoms with E-state index in [2.05, 4.69) is 9.97 Å². The van der Waals surface area contributed by atoms with Gasteiger partial charge in [0.2, 0.25) is 0 Å². The SMILES string of the molecule is Cc1cc(-c2nc3ccc(F)cc3[nH]2)co1. The number of benzene rings is 1. The number of nitrogens with one attached hydrogen (secondary N) is 1. The Labute approximate surface area is 90.9 Å². The van der Waals surface area contributed by atoms with E-state index in [9.17, 15) is 4.39 Å². The van der Waals surface area contributed by atoms with Gasteiger partial charge in [-0.05, 0) is 31.2 Å². The first-order valence-electron chi connectivity index (χ1n) is 4.93. The Hall–Kier alpha value is -2.10. The second-order valence-electron chi connectivity index (χ2n) is 3.69. The minimum absolute atomic E-state index is 0.272. The van der Waals surface area contributed by atoms with Crippen LogP contribution in [0.3, 0.4) is 0 Å². The molecule has 2 heterocycles. The molecule has 0 spiro atoms. The molecule has 0 atom stereocenters. The van der Waals surface area contributed by atoms with Crippen LogP contribution in [-0.4, -0.2) is 9.97 Å². The lowest BCUT2D eigenvalue weighted by Crippen LogP contribution is -1.74. The molecule has 16 heavy (non-hydrogen) atoms. The highest BCUT2D eigenvalue weighted by Gasteiger charge is 2.07. The van der Waals surface area contributed by atoms with Gasteiger partial charge >= 0.3 is 0 Å². The summed E-state index contributed by atoms with van der Waals surface area (Å²) in [5.74, 6) is 1.24. The molecule has 0 fully saturated rings. The van der Waals surface area contributed by atoms with Crippen molar-refractivity contribution in [1.29, 1.82) is 0 Å². The van der Waals surface area contributed by atoms with Crippen LogP contribution in [0.1, 0.15) is 5.76 Å². The maximum Gasteiger partial charge on any atom is 0.141 e. The van der Waals surface area contributed by atoms with E-state index in [0.717, 1.165) is 16.8 Å². The number of aromatic nitrogens is 2. The van der Waals surface area contributed by atoms with Crippen molar-refractivity contribution in [1.82, 2.24) is 9.97 Å². The van der Waals surface area contributed by atoms with E-state index in [1.807, 2.05) is 13.0 Å². The molecule has 1 N–H and O–H groups in total. The summed E-state index contributed by atoms with van der Waals surface area (Å²) in [6, 6.07) is 6.36.